The first-order valence-corrected chi connectivity index (χ1v) is 8.38. The molecule has 0 aliphatic heterocycles. The van der Waals surface area contributed by atoms with Crippen molar-refractivity contribution in [2.45, 2.75) is 58.0 Å². The van der Waals surface area contributed by atoms with Crippen LogP contribution < -0.4 is 10.6 Å². The Balaban J connectivity index is 1.55. The van der Waals surface area contributed by atoms with Gasteiger partial charge in [0.15, 0.2) is 0 Å². The summed E-state index contributed by atoms with van der Waals surface area (Å²) in [6.45, 7) is 5.03. The van der Waals surface area contributed by atoms with Gasteiger partial charge in [0.1, 0.15) is 0 Å². The molecular formula is C16H30N2O2. The van der Waals surface area contributed by atoms with Crippen molar-refractivity contribution in [3.05, 3.63) is 0 Å². The molecule has 2 saturated carbocycles. The minimum Gasteiger partial charge on any atom is -0.378 e. The molecule has 0 heterocycles. The van der Waals surface area contributed by atoms with E-state index in [9.17, 15) is 4.79 Å². The Morgan fingerprint density at radius 3 is 2.65 bits per heavy atom. The predicted molar refractivity (Wildman–Crippen MR) is 80.6 cm³/mol. The third-order valence-corrected chi connectivity index (χ3v) is 4.47. The third-order valence-electron chi connectivity index (χ3n) is 4.47. The highest BCUT2D eigenvalue weighted by Gasteiger charge is 2.25. The normalized spacial score (nSPS) is 21.1. The minimum atomic E-state index is 0.118. The zero-order chi connectivity index (χ0) is 14.2. The van der Waals surface area contributed by atoms with Crippen LogP contribution in [0.3, 0.4) is 0 Å². The van der Waals surface area contributed by atoms with Crippen molar-refractivity contribution in [1.82, 2.24) is 10.6 Å². The summed E-state index contributed by atoms with van der Waals surface area (Å²) in [5, 5.41) is 6.23. The molecule has 2 fully saturated rings. The van der Waals surface area contributed by atoms with Crippen molar-refractivity contribution in [3.63, 3.8) is 0 Å². The molecule has 2 aliphatic carbocycles. The Hall–Kier alpha value is -0.610. The number of hydrogen-bond acceptors (Lipinski definition) is 3. The average Bonchev–Trinajstić information content (AvgIpc) is 3.09. The SMILES string of the molecule is CCOC(CCNC(=O)CNCC1CC1)C1CCCC1. The molecule has 0 radical (unpaired) electrons. The molecule has 2 rings (SSSR count). The summed E-state index contributed by atoms with van der Waals surface area (Å²) in [5.41, 5.74) is 0. The maximum atomic E-state index is 11.7. The molecule has 2 N–H and O–H groups in total. The standard InChI is InChI=1S/C16H30N2O2/c1-2-20-15(14-5-3-4-6-14)9-10-18-16(19)12-17-11-13-7-8-13/h13-15,17H,2-12H2,1H3,(H,18,19). The molecule has 1 unspecified atom stereocenters. The zero-order valence-corrected chi connectivity index (χ0v) is 12.8. The van der Waals surface area contributed by atoms with Crippen LogP contribution in [-0.4, -0.2) is 38.3 Å². The van der Waals surface area contributed by atoms with Crippen LogP contribution in [0.5, 0.6) is 0 Å². The van der Waals surface area contributed by atoms with Crippen LogP contribution in [0.2, 0.25) is 0 Å². The van der Waals surface area contributed by atoms with Gasteiger partial charge in [0.2, 0.25) is 5.91 Å². The second kappa shape index (κ2) is 8.63. The smallest absolute Gasteiger partial charge is 0.233 e. The fraction of sp³-hybridized carbons (Fsp3) is 0.938. The van der Waals surface area contributed by atoms with Gasteiger partial charge in [-0.1, -0.05) is 12.8 Å². The second-order valence-electron chi connectivity index (χ2n) is 6.25. The molecule has 4 heteroatoms. The topological polar surface area (TPSA) is 50.4 Å². The van der Waals surface area contributed by atoms with Gasteiger partial charge in [-0.15, -0.1) is 0 Å². The molecule has 1 atom stereocenters. The second-order valence-corrected chi connectivity index (χ2v) is 6.25. The first-order valence-electron chi connectivity index (χ1n) is 8.38. The van der Waals surface area contributed by atoms with Crippen molar-refractivity contribution >= 4 is 5.91 Å². The molecule has 116 valence electrons. The Morgan fingerprint density at radius 2 is 2.00 bits per heavy atom. The Kier molecular flexibility index (Phi) is 6.80. The average molecular weight is 282 g/mol. The highest BCUT2D eigenvalue weighted by Crippen LogP contribution is 2.30. The van der Waals surface area contributed by atoms with Gasteiger partial charge in [0, 0.05) is 13.2 Å². The number of carbonyl (C=O) groups is 1. The van der Waals surface area contributed by atoms with E-state index in [1.807, 2.05) is 0 Å². The molecule has 0 aromatic heterocycles. The summed E-state index contributed by atoms with van der Waals surface area (Å²) in [6, 6.07) is 0. The molecule has 1 amide bonds. The van der Waals surface area contributed by atoms with Crippen LogP contribution in [0.1, 0.15) is 51.9 Å². The van der Waals surface area contributed by atoms with E-state index in [0.29, 0.717) is 18.6 Å². The fourth-order valence-electron chi connectivity index (χ4n) is 3.13. The first kappa shape index (κ1) is 15.8. The van der Waals surface area contributed by atoms with E-state index in [-0.39, 0.29) is 5.91 Å². The van der Waals surface area contributed by atoms with Gasteiger partial charge in [0.05, 0.1) is 12.6 Å². The van der Waals surface area contributed by atoms with Crippen LogP contribution in [0.4, 0.5) is 0 Å². The monoisotopic (exact) mass is 282 g/mol. The van der Waals surface area contributed by atoms with E-state index in [1.165, 1.54) is 38.5 Å². The number of rotatable bonds is 10. The highest BCUT2D eigenvalue weighted by molar-refractivity contribution is 5.77. The molecule has 4 nitrogen and oxygen atoms in total. The van der Waals surface area contributed by atoms with Gasteiger partial charge in [-0.2, -0.15) is 0 Å². The number of hydrogen-bond donors (Lipinski definition) is 2. The summed E-state index contributed by atoms with van der Waals surface area (Å²) in [6.07, 6.45) is 9.20. The largest absolute Gasteiger partial charge is 0.378 e. The number of carbonyl (C=O) groups excluding carboxylic acids is 1. The molecule has 20 heavy (non-hydrogen) atoms. The molecule has 0 aromatic rings. The summed E-state index contributed by atoms with van der Waals surface area (Å²) < 4.78 is 5.86. The lowest BCUT2D eigenvalue weighted by Gasteiger charge is -2.23. The van der Waals surface area contributed by atoms with Gasteiger partial charge < -0.3 is 15.4 Å². The predicted octanol–water partition coefficient (Wildman–Crippen LogP) is 2.09. The van der Waals surface area contributed by atoms with Crippen LogP contribution in [0.15, 0.2) is 0 Å². The number of ether oxygens (including phenoxy) is 1. The summed E-state index contributed by atoms with van der Waals surface area (Å²) >= 11 is 0. The Bertz CT molecular complexity index is 286. The van der Waals surface area contributed by atoms with Crippen LogP contribution in [0, 0.1) is 11.8 Å². The molecule has 0 saturated heterocycles. The summed E-state index contributed by atoms with van der Waals surface area (Å²) in [4.78, 5) is 11.7. The van der Waals surface area contributed by atoms with Gasteiger partial charge in [0.25, 0.3) is 0 Å². The van der Waals surface area contributed by atoms with Crippen LogP contribution in [-0.2, 0) is 9.53 Å². The number of nitrogens with one attached hydrogen (secondary N) is 2. The quantitative estimate of drug-likeness (QED) is 0.645. The maximum Gasteiger partial charge on any atom is 0.233 e. The van der Waals surface area contributed by atoms with E-state index in [2.05, 4.69) is 17.6 Å². The molecular weight excluding hydrogens is 252 g/mol. The first-order chi connectivity index (χ1) is 9.79. The van der Waals surface area contributed by atoms with E-state index >= 15 is 0 Å². The zero-order valence-electron chi connectivity index (χ0n) is 12.8. The number of amides is 1. The van der Waals surface area contributed by atoms with E-state index in [0.717, 1.165) is 32.0 Å². The molecule has 2 aliphatic rings. The van der Waals surface area contributed by atoms with E-state index in [1.54, 1.807) is 0 Å². The van der Waals surface area contributed by atoms with Crippen molar-refractivity contribution < 1.29 is 9.53 Å². The van der Waals surface area contributed by atoms with Gasteiger partial charge in [-0.25, -0.2) is 0 Å². The minimum absolute atomic E-state index is 0.118. The molecule has 0 spiro atoms. The van der Waals surface area contributed by atoms with E-state index < -0.39 is 0 Å². The van der Waals surface area contributed by atoms with Crippen molar-refractivity contribution in [2.75, 3.05) is 26.2 Å². The third kappa shape index (κ3) is 5.80. The van der Waals surface area contributed by atoms with Gasteiger partial charge in [-0.05, 0) is 57.4 Å². The Morgan fingerprint density at radius 1 is 1.25 bits per heavy atom. The highest BCUT2D eigenvalue weighted by atomic mass is 16.5. The lowest BCUT2D eigenvalue weighted by Crippen LogP contribution is -2.37. The van der Waals surface area contributed by atoms with Crippen LogP contribution >= 0.6 is 0 Å². The summed E-state index contributed by atoms with van der Waals surface area (Å²) in [5.74, 6) is 1.65. The lowest BCUT2D eigenvalue weighted by atomic mass is 9.98. The molecule has 0 bridgehead atoms. The van der Waals surface area contributed by atoms with Crippen molar-refractivity contribution in [3.8, 4) is 0 Å². The van der Waals surface area contributed by atoms with Gasteiger partial charge >= 0.3 is 0 Å². The van der Waals surface area contributed by atoms with E-state index in [4.69, 9.17) is 4.74 Å². The Labute approximate surface area is 123 Å². The lowest BCUT2D eigenvalue weighted by molar-refractivity contribution is -0.120. The van der Waals surface area contributed by atoms with Crippen molar-refractivity contribution in [2.24, 2.45) is 11.8 Å². The summed E-state index contributed by atoms with van der Waals surface area (Å²) in [7, 11) is 0. The maximum absolute atomic E-state index is 11.7. The van der Waals surface area contributed by atoms with Crippen molar-refractivity contribution in [1.29, 1.82) is 0 Å². The molecule has 0 aromatic carbocycles. The van der Waals surface area contributed by atoms with Gasteiger partial charge in [-0.3, -0.25) is 4.79 Å². The van der Waals surface area contributed by atoms with Crippen LogP contribution in [0.25, 0.3) is 0 Å². The fourth-order valence-corrected chi connectivity index (χ4v) is 3.13.